The lowest BCUT2D eigenvalue weighted by atomic mass is 9.80. The monoisotopic (exact) mass is 222 g/mol. The molecule has 3 heteroatoms. The van der Waals surface area contributed by atoms with Gasteiger partial charge in [-0.2, -0.15) is 0 Å². The predicted molar refractivity (Wildman–Crippen MR) is 58.5 cm³/mol. The minimum atomic E-state index is -0.907. The number of hydrogen-bond acceptors (Lipinski definition) is 2. The third kappa shape index (κ3) is 2.47. The smallest absolute Gasteiger partial charge is 0.133 e. The maximum absolute atomic E-state index is 13.4. The van der Waals surface area contributed by atoms with Crippen molar-refractivity contribution in [3.05, 3.63) is 35.6 Å². The van der Waals surface area contributed by atoms with Gasteiger partial charge in [-0.1, -0.05) is 18.2 Å². The second-order valence-corrected chi connectivity index (χ2v) is 4.53. The van der Waals surface area contributed by atoms with Crippen LogP contribution >= 0.6 is 0 Å². The highest BCUT2D eigenvalue weighted by atomic mass is 19.1. The van der Waals surface area contributed by atoms with Gasteiger partial charge in [0, 0.05) is 19.3 Å². The van der Waals surface area contributed by atoms with Gasteiger partial charge in [0.25, 0.3) is 0 Å². The lowest BCUT2D eigenvalue weighted by Crippen LogP contribution is -2.36. The minimum Gasteiger partial charge on any atom is -0.390 e. The van der Waals surface area contributed by atoms with E-state index in [9.17, 15) is 14.3 Å². The van der Waals surface area contributed by atoms with Crippen LogP contribution in [-0.4, -0.2) is 16.5 Å². The van der Waals surface area contributed by atoms with Gasteiger partial charge in [0.1, 0.15) is 11.6 Å². The molecule has 0 bridgehead atoms. The van der Waals surface area contributed by atoms with Gasteiger partial charge in [0.2, 0.25) is 0 Å². The molecule has 1 aromatic carbocycles. The van der Waals surface area contributed by atoms with Gasteiger partial charge < -0.3 is 5.11 Å². The lowest BCUT2D eigenvalue weighted by molar-refractivity contribution is -0.125. The molecule has 1 aromatic rings. The van der Waals surface area contributed by atoms with Crippen LogP contribution < -0.4 is 0 Å². The fourth-order valence-electron chi connectivity index (χ4n) is 2.17. The minimum absolute atomic E-state index is 0.193. The molecule has 0 aliphatic heterocycles. The fourth-order valence-corrected chi connectivity index (χ4v) is 2.17. The van der Waals surface area contributed by atoms with Crippen LogP contribution in [0.4, 0.5) is 4.39 Å². The van der Waals surface area contributed by atoms with Crippen molar-refractivity contribution >= 4 is 5.78 Å². The van der Waals surface area contributed by atoms with E-state index in [1.807, 2.05) is 0 Å². The number of Topliss-reactive ketones (excluding diaryl/α,β-unsaturated/α-hetero) is 1. The zero-order chi connectivity index (χ0) is 11.6. The Morgan fingerprint density at radius 1 is 1.25 bits per heavy atom. The summed E-state index contributed by atoms with van der Waals surface area (Å²) in [6, 6.07) is 6.47. The number of benzene rings is 1. The Bertz CT molecular complexity index is 391. The van der Waals surface area contributed by atoms with Crippen molar-refractivity contribution in [2.24, 2.45) is 0 Å². The molecule has 0 heterocycles. The highest BCUT2D eigenvalue weighted by Crippen LogP contribution is 2.30. The van der Waals surface area contributed by atoms with Gasteiger partial charge in [0.15, 0.2) is 0 Å². The lowest BCUT2D eigenvalue weighted by Gasteiger charge is -2.31. The zero-order valence-corrected chi connectivity index (χ0v) is 9.08. The van der Waals surface area contributed by atoms with Crippen molar-refractivity contribution in [1.82, 2.24) is 0 Å². The molecule has 1 aliphatic carbocycles. The summed E-state index contributed by atoms with van der Waals surface area (Å²) in [5.41, 5.74) is -0.379. The summed E-state index contributed by atoms with van der Waals surface area (Å²) in [4.78, 5) is 11.1. The van der Waals surface area contributed by atoms with Crippen LogP contribution in [0.15, 0.2) is 24.3 Å². The Labute approximate surface area is 94.1 Å². The third-order valence-corrected chi connectivity index (χ3v) is 3.22. The molecule has 16 heavy (non-hydrogen) atoms. The summed E-state index contributed by atoms with van der Waals surface area (Å²) in [7, 11) is 0. The summed E-state index contributed by atoms with van der Waals surface area (Å²) in [6.45, 7) is 0. The van der Waals surface area contributed by atoms with Crippen molar-refractivity contribution in [2.45, 2.75) is 37.7 Å². The van der Waals surface area contributed by atoms with Crippen molar-refractivity contribution < 1.29 is 14.3 Å². The fraction of sp³-hybridized carbons (Fsp3) is 0.462. The first kappa shape index (κ1) is 11.3. The molecule has 0 spiro atoms. The van der Waals surface area contributed by atoms with E-state index in [0.29, 0.717) is 37.7 Å². The second-order valence-electron chi connectivity index (χ2n) is 4.53. The summed E-state index contributed by atoms with van der Waals surface area (Å²) >= 11 is 0. The van der Waals surface area contributed by atoms with Crippen molar-refractivity contribution in [1.29, 1.82) is 0 Å². The number of carbonyl (C=O) groups excluding carboxylic acids is 1. The number of hydrogen-bond donors (Lipinski definition) is 1. The van der Waals surface area contributed by atoms with E-state index in [1.54, 1.807) is 18.2 Å². The molecule has 0 unspecified atom stereocenters. The summed E-state index contributed by atoms with van der Waals surface area (Å²) < 4.78 is 13.4. The molecule has 2 rings (SSSR count). The number of aliphatic hydroxyl groups is 1. The molecule has 0 atom stereocenters. The standard InChI is InChI=1S/C13H15FO2/c14-12-4-2-1-3-10(12)9-13(16)7-5-11(15)6-8-13/h1-4,16H,5-9H2. The van der Waals surface area contributed by atoms with Gasteiger partial charge in [-0.05, 0) is 24.5 Å². The predicted octanol–water partition coefficient (Wildman–Crippen LogP) is 2.24. The number of ketones is 1. The SMILES string of the molecule is O=C1CCC(O)(Cc2ccccc2F)CC1. The van der Waals surface area contributed by atoms with E-state index in [2.05, 4.69) is 0 Å². The van der Waals surface area contributed by atoms with Gasteiger partial charge >= 0.3 is 0 Å². The van der Waals surface area contributed by atoms with Crippen LogP contribution in [0.2, 0.25) is 0 Å². The Kier molecular flexibility index (Phi) is 3.06. The number of rotatable bonds is 2. The number of halogens is 1. The summed E-state index contributed by atoms with van der Waals surface area (Å²) in [6.07, 6.45) is 2.00. The largest absolute Gasteiger partial charge is 0.390 e. The molecular weight excluding hydrogens is 207 g/mol. The van der Waals surface area contributed by atoms with E-state index in [-0.39, 0.29) is 11.6 Å². The average molecular weight is 222 g/mol. The quantitative estimate of drug-likeness (QED) is 0.833. The molecule has 1 saturated carbocycles. The normalized spacial score (nSPS) is 19.8. The third-order valence-electron chi connectivity index (χ3n) is 3.22. The molecule has 0 saturated heterocycles. The highest BCUT2D eigenvalue weighted by molar-refractivity contribution is 5.79. The van der Waals surface area contributed by atoms with Gasteiger partial charge in [-0.15, -0.1) is 0 Å². The molecular formula is C13H15FO2. The Morgan fingerprint density at radius 3 is 2.50 bits per heavy atom. The molecule has 1 fully saturated rings. The van der Waals surface area contributed by atoms with Crippen molar-refractivity contribution in [3.8, 4) is 0 Å². The molecule has 86 valence electrons. The van der Waals surface area contributed by atoms with E-state index in [4.69, 9.17) is 0 Å². The van der Waals surface area contributed by atoms with E-state index in [0.717, 1.165) is 0 Å². The Balaban J connectivity index is 2.09. The number of carbonyl (C=O) groups is 1. The van der Waals surface area contributed by atoms with Crippen LogP contribution in [0.5, 0.6) is 0 Å². The maximum atomic E-state index is 13.4. The van der Waals surface area contributed by atoms with Crippen LogP contribution in [0, 0.1) is 5.82 Å². The van der Waals surface area contributed by atoms with Crippen LogP contribution in [0.3, 0.4) is 0 Å². The first-order valence-electron chi connectivity index (χ1n) is 5.57. The Morgan fingerprint density at radius 2 is 1.88 bits per heavy atom. The first-order valence-corrected chi connectivity index (χ1v) is 5.57. The molecule has 2 nitrogen and oxygen atoms in total. The summed E-state index contributed by atoms with van der Waals surface area (Å²) in [5.74, 6) is -0.0916. The molecule has 0 aromatic heterocycles. The van der Waals surface area contributed by atoms with Crippen LogP contribution in [0.25, 0.3) is 0 Å². The topological polar surface area (TPSA) is 37.3 Å². The van der Waals surface area contributed by atoms with Crippen LogP contribution in [0.1, 0.15) is 31.2 Å². The van der Waals surface area contributed by atoms with Crippen molar-refractivity contribution in [2.75, 3.05) is 0 Å². The van der Waals surface area contributed by atoms with E-state index < -0.39 is 5.60 Å². The average Bonchev–Trinajstić information content (AvgIpc) is 2.27. The summed E-state index contributed by atoms with van der Waals surface area (Å²) in [5, 5.41) is 10.2. The van der Waals surface area contributed by atoms with Crippen LogP contribution in [-0.2, 0) is 11.2 Å². The van der Waals surface area contributed by atoms with Gasteiger partial charge in [-0.25, -0.2) is 4.39 Å². The molecule has 1 aliphatic rings. The molecule has 0 radical (unpaired) electrons. The van der Waals surface area contributed by atoms with Crippen molar-refractivity contribution in [3.63, 3.8) is 0 Å². The van der Waals surface area contributed by atoms with Gasteiger partial charge in [0.05, 0.1) is 5.60 Å². The highest BCUT2D eigenvalue weighted by Gasteiger charge is 2.32. The second kappa shape index (κ2) is 4.34. The van der Waals surface area contributed by atoms with E-state index in [1.165, 1.54) is 6.07 Å². The van der Waals surface area contributed by atoms with E-state index >= 15 is 0 Å². The zero-order valence-electron chi connectivity index (χ0n) is 9.08. The Hall–Kier alpha value is -1.22. The van der Waals surface area contributed by atoms with Gasteiger partial charge in [-0.3, -0.25) is 4.79 Å². The maximum Gasteiger partial charge on any atom is 0.133 e. The molecule has 1 N–H and O–H groups in total. The molecule has 0 amide bonds. The first-order chi connectivity index (χ1) is 7.59.